The maximum atomic E-state index is 12.5. The molecule has 2 heterocycles. The summed E-state index contributed by atoms with van der Waals surface area (Å²) in [7, 11) is -3.58. The molecule has 0 aliphatic carbocycles. The van der Waals surface area contributed by atoms with E-state index in [-0.39, 0.29) is 4.90 Å². The fraction of sp³-hybridized carbons (Fsp3) is 0.471. The zero-order valence-corrected chi connectivity index (χ0v) is 15.1. The Balaban J connectivity index is 1.62. The van der Waals surface area contributed by atoms with Gasteiger partial charge in [-0.05, 0) is 50.8 Å². The smallest absolute Gasteiger partial charge is 0.245 e. The summed E-state index contributed by atoms with van der Waals surface area (Å²) >= 11 is 0. The van der Waals surface area contributed by atoms with Crippen LogP contribution in [-0.2, 0) is 10.0 Å². The minimum Gasteiger partial charge on any atom is -0.371 e. The van der Waals surface area contributed by atoms with E-state index < -0.39 is 10.0 Å². The molecule has 1 aromatic carbocycles. The van der Waals surface area contributed by atoms with Gasteiger partial charge in [0.05, 0.1) is 0 Å². The van der Waals surface area contributed by atoms with Crippen molar-refractivity contribution in [1.82, 2.24) is 9.88 Å². The quantitative estimate of drug-likeness (QED) is 0.897. The van der Waals surface area contributed by atoms with Gasteiger partial charge < -0.3 is 9.42 Å². The number of rotatable bonds is 5. The molecule has 0 radical (unpaired) electrons. The van der Waals surface area contributed by atoms with E-state index in [9.17, 15) is 8.42 Å². The molecule has 1 fully saturated rings. The van der Waals surface area contributed by atoms with E-state index in [0.717, 1.165) is 19.5 Å². The Morgan fingerprint density at radius 2 is 2.12 bits per heavy atom. The van der Waals surface area contributed by atoms with Gasteiger partial charge in [0, 0.05) is 25.3 Å². The van der Waals surface area contributed by atoms with E-state index in [1.807, 2.05) is 0 Å². The van der Waals surface area contributed by atoms with Gasteiger partial charge in [0.15, 0.2) is 5.76 Å². The standard InChI is InChI=1S/C17H23N3O3S/c1-12-5-4-6-16(9-12)20-8-7-15(11-20)10-18-24(21,22)17-13(2)19-23-14(17)3/h4-6,9,15,18H,7-8,10-11H2,1-3H3. The zero-order valence-electron chi connectivity index (χ0n) is 14.2. The second kappa shape index (κ2) is 6.57. The van der Waals surface area contributed by atoms with E-state index in [2.05, 4.69) is 46.0 Å². The van der Waals surface area contributed by atoms with Crippen LogP contribution in [0.4, 0.5) is 5.69 Å². The molecule has 1 aliphatic heterocycles. The highest BCUT2D eigenvalue weighted by Crippen LogP contribution is 2.25. The van der Waals surface area contributed by atoms with Crippen LogP contribution in [0.25, 0.3) is 0 Å². The number of benzene rings is 1. The lowest BCUT2D eigenvalue weighted by molar-refractivity contribution is 0.390. The van der Waals surface area contributed by atoms with E-state index in [0.29, 0.717) is 23.9 Å². The van der Waals surface area contributed by atoms with E-state index in [4.69, 9.17) is 4.52 Å². The number of aromatic nitrogens is 1. The van der Waals surface area contributed by atoms with Crippen molar-refractivity contribution in [2.24, 2.45) is 5.92 Å². The lowest BCUT2D eigenvalue weighted by atomic mass is 10.1. The molecule has 1 aliphatic rings. The molecule has 3 rings (SSSR count). The Kier molecular flexibility index (Phi) is 4.64. The van der Waals surface area contributed by atoms with Gasteiger partial charge in [0.25, 0.3) is 0 Å². The Labute approximate surface area is 142 Å². The van der Waals surface area contributed by atoms with Gasteiger partial charge in [-0.3, -0.25) is 0 Å². The van der Waals surface area contributed by atoms with Crippen LogP contribution in [0.15, 0.2) is 33.7 Å². The topological polar surface area (TPSA) is 75.4 Å². The summed E-state index contributed by atoms with van der Waals surface area (Å²) in [5, 5.41) is 3.72. The molecule has 2 aromatic rings. The molecule has 0 spiro atoms. The van der Waals surface area contributed by atoms with E-state index >= 15 is 0 Å². The number of sulfonamides is 1. The Morgan fingerprint density at radius 3 is 2.79 bits per heavy atom. The Morgan fingerprint density at radius 1 is 1.33 bits per heavy atom. The number of nitrogens with zero attached hydrogens (tertiary/aromatic N) is 2. The van der Waals surface area contributed by atoms with Crippen LogP contribution in [0, 0.1) is 26.7 Å². The number of hydrogen-bond acceptors (Lipinski definition) is 5. The molecule has 130 valence electrons. The molecule has 0 saturated carbocycles. The summed E-state index contributed by atoms with van der Waals surface area (Å²) in [6, 6.07) is 8.40. The van der Waals surface area contributed by atoms with Gasteiger partial charge in [-0.15, -0.1) is 0 Å². The van der Waals surface area contributed by atoms with Crippen molar-refractivity contribution in [3.63, 3.8) is 0 Å². The fourth-order valence-corrected chi connectivity index (χ4v) is 4.66. The second-order valence-electron chi connectivity index (χ2n) is 6.44. The molecular weight excluding hydrogens is 326 g/mol. The summed E-state index contributed by atoms with van der Waals surface area (Å²) in [6.45, 7) is 7.56. The first-order chi connectivity index (χ1) is 11.4. The average molecular weight is 349 g/mol. The summed E-state index contributed by atoms with van der Waals surface area (Å²) in [6.07, 6.45) is 0.970. The molecule has 24 heavy (non-hydrogen) atoms. The van der Waals surface area contributed by atoms with Crippen LogP contribution < -0.4 is 9.62 Å². The van der Waals surface area contributed by atoms with Gasteiger partial charge in [-0.25, -0.2) is 13.1 Å². The predicted octanol–water partition coefficient (Wildman–Crippen LogP) is 2.40. The largest absolute Gasteiger partial charge is 0.371 e. The number of aryl methyl sites for hydroxylation is 3. The molecule has 6 nitrogen and oxygen atoms in total. The number of nitrogens with one attached hydrogen (secondary N) is 1. The van der Waals surface area contributed by atoms with Crippen LogP contribution in [0.5, 0.6) is 0 Å². The second-order valence-corrected chi connectivity index (χ2v) is 8.15. The SMILES string of the molecule is Cc1cccc(N2CCC(CNS(=O)(=O)c3c(C)noc3C)C2)c1. The van der Waals surface area contributed by atoms with Crippen molar-refractivity contribution in [1.29, 1.82) is 0 Å². The van der Waals surface area contributed by atoms with Crippen molar-refractivity contribution in [2.45, 2.75) is 32.1 Å². The fourth-order valence-electron chi connectivity index (χ4n) is 3.22. The van der Waals surface area contributed by atoms with Crippen molar-refractivity contribution in [3.05, 3.63) is 41.3 Å². The lowest BCUT2D eigenvalue weighted by Gasteiger charge is -2.19. The van der Waals surface area contributed by atoms with E-state index in [1.165, 1.54) is 11.3 Å². The van der Waals surface area contributed by atoms with Gasteiger partial charge in [-0.1, -0.05) is 17.3 Å². The maximum Gasteiger partial charge on any atom is 0.245 e. The van der Waals surface area contributed by atoms with Gasteiger partial charge in [-0.2, -0.15) is 0 Å². The minimum absolute atomic E-state index is 0.163. The third kappa shape index (κ3) is 3.47. The average Bonchev–Trinajstić information content (AvgIpc) is 3.12. The summed E-state index contributed by atoms with van der Waals surface area (Å²) in [5.41, 5.74) is 2.83. The highest BCUT2D eigenvalue weighted by Gasteiger charge is 2.28. The molecule has 1 aromatic heterocycles. The first-order valence-corrected chi connectivity index (χ1v) is 9.59. The van der Waals surface area contributed by atoms with Gasteiger partial charge >= 0.3 is 0 Å². The number of hydrogen-bond donors (Lipinski definition) is 1. The summed E-state index contributed by atoms with van der Waals surface area (Å²) in [5.74, 6) is 0.619. The summed E-state index contributed by atoms with van der Waals surface area (Å²) in [4.78, 5) is 2.47. The van der Waals surface area contributed by atoms with Crippen LogP contribution in [0.2, 0.25) is 0 Å². The monoisotopic (exact) mass is 349 g/mol. The lowest BCUT2D eigenvalue weighted by Crippen LogP contribution is -2.31. The molecule has 0 amide bonds. The van der Waals surface area contributed by atoms with Crippen molar-refractivity contribution in [3.8, 4) is 0 Å². The Bertz CT molecular complexity index is 810. The normalized spacial score (nSPS) is 18.3. The third-order valence-electron chi connectivity index (χ3n) is 4.45. The van der Waals surface area contributed by atoms with Crippen molar-refractivity contribution in [2.75, 3.05) is 24.5 Å². The zero-order chi connectivity index (χ0) is 17.3. The molecule has 1 atom stereocenters. The maximum absolute atomic E-state index is 12.5. The van der Waals surface area contributed by atoms with Gasteiger partial charge in [0.2, 0.25) is 10.0 Å². The molecule has 1 N–H and O–H groups in total. The van der Waals surface area contributed by atoms with Crippen molar-refractivity contribution < 1.29 is 12.9 Å². The van der Waals surface area contributed by atoms with Crippen molar-refractivity contribution >= 4 is 15.7 Å². The predicted molar refractivity (Wildman–Crippen MR) is 92.7 cm³/mol. The molecule has 1 saturated heterocycles. The van der Waals surface area contributed by atoms with Gasteiger partial charge in [0.1, 0.15) is 10.6 Å². The van der Waals surface area contributed by atoms with E-state index in [1.54, 1.807) is 13.8 Å². The molecule has 1 unspecified atom stereocenters. The first kappa shape index (κ1) is 17.0. The summed E-state index contributed by atoms with van der Waals surface area (Å²) < 4.78 is 32.6. The molecule has 0 bridgehead atoms. The van der Waals surface area contributed by atoms with Crippen LogP contribution in [0.1, 0.15) is 23.4 Å². The van der Waals surface area contributed by atoms with Crippen LogP contribution in [-0.4, -0.2) is 33.2 Å². The minimum atomic E-state index is -3.58. The molecule has 7 heteroatoms. The highest BCUT2D eigenvalue weighted by atomic mass is 32.2. The van der Waals surface area contributed by atoms with Crippen LogP contribution >= 0.6 is 0 Å². The number of anilines is 1. The highest BCUT2D eigenvalue weighted by molar-refractivity contribution is 7.89. The Hall–Kier alpha value is -1.86. The third-order valence-corrected chi connectivity index (χ3v) is 6.12. The van der Waals surface area contributed by atoms with Crippen LogP contribution in [0.3, 0.4) is 0 Å². The first-order valence-electron chi connectivity index (χ1n) is 8.11. The molecular formula is C17H23N3O3S.